The molecule has 0 atom stereocenters. The quantitative estimate of drug-likeness (QED) is 0.397. The van der Waals surface area contributed by atoms with Crippen LogP contribution in [-0.2, 0) is 4.79 Å². The minimum atomic E-state index is 0.683. The maximum Gasteiger partial charge on any atom is 0.146 e. The fourth-order valence-electron chi connectivity index (χ4n) is 4.98. The highest BCUT2D eigenvalue weighted by atomic mass is 16.5. The molecular weight excluding hydrogens is 412 g/mol. The van der Waals surface area contributed by atoms with Crippen LogP contribution >= 0.6 is 0 Å². The third kappa shape index (κ3) is 5.41. The molecule has 2 aromatic rings. The van der Waals surface area contributed by atoms with Crippen LogP contribution in [0.1, 0.15) is 42.4 Å². The normalized spacial score (nSPS) is 16.9. The average molecular weight is 449 g/mol. The molecule has 2 aliphatic rings. The first kappa shape index (κ1) is 23.4. The lowest BCUT2D eigenvalue weighted by molar-refractivity contribution is -0.104. The summed E-state index contributed by atoms with van der Waals surface area (Å²) in [5.41, 5.74) is 7.18. The van der Waals surface area contributed by atoms with Crippen molar-refractivity contribution in [1.82, 2.24) is 4.90 Å². The van der Waals surface area contributed by atoms with Crippen LogP contribution in [0, 0.1) is 13.8 Å². The number of aldehydes is 1. The standard InChI is InChI=1S/C28H36N2O3/c1-21-7-4-10-27(22(21)2)30-16-14-29(15-17-30)13-6-18-33-24-11-12-26(28(19-24)32-3)25-9-5-8-23(25)20-31/h4,7,10-12,19-20H,5-6,8-9,13-18H2,1-3H3. The van der Waals surface area contributed by atoms with Crippen LogP contribution in [0.3, 0.4) is 0 Å². The van der Waals surface area contributed by atoms with E-state index in [-0.39, 0.29) is 0 Å². The van der Waals surface area contributed by atoms with Crippen molar-refractivity contribution in [3.8, 4) is 11.5 Å². The Kier molecular flexibility index (Phi) is 7.71. The van der Waals surface area contributed by atoms with Crippen LogP contribution < -0.4 is 14.4 Å². The Morgan fingerprint density at radius 3 is 2.61 bits per heavy atom. The van der Waals surface area contributed by atoms with E-state index in [1.54, 1.807) is 7.11 Å². The van der Waals surface area contributed by atoms with E-state index in [4.69, 9.17) is 9.47 Å². The maximum atomic E-state index is 11.4. The molecule has 0 amide bonds. The number of aryl methyl sites for hydroxylation is 1. The smallest absolute Gasteiger partial charge is 0.146 e. The number of anilines is 1. The first-order valence-electron chi connectivity index (χ1n) is 12.1. The zero-order valence-corrected chi connectivity index (χ0v) is 20.2. The Morgan fingerprint density at radius 1 is 1.03 bits per heavy atom. The van der Waals surface area contributed by atoms with Crippen molar-refractivity contribution in [2.45, 2.75) is 39.5 Å². The van der Waals surface area contributed by atoms with E-state index < -0.39 is 0 Å². The van der Waals surface area contributed by atoms with Crippen LogP contribution in [-0.4, -0.2) is 57.6 Å². The summed E-state index contributed by atoms with van der Waals surface area (Å²) in [6.45, 7) is 10.5. The second-order valence-corrected chi connectivity index (χ2v) is 9.09. The fourth-order valence-corrected chi connectivity index (χ4v) is 4.98. The number of piperazine rings is 1. The summed E-state index contributed by atoms with van der Waals surface area (Å²) >= 11 is 0. The Labute approximate surface area is 198 Å². The summed E-state index contributed by atoms with van der Waals surface area (Å²) in [4.78, 5) is 16.4. The van der Waals surface area contributed by atoms with Gasteiger partial charge < -0.3 is 14.4 Å². The Bertz CT molecular complexity index is 1010. The summed E-state index contributed by atoms with van der Waals surface area (Å²) in [5, 5.41) is 0. The lowest BCUT2D eigenvalue weighted by Crippen LogP contribution is -2.47. The van der Waals surface area contributed by atoms with Crippen molar-refractivity contribution in [3.63, 3.8) is 0 Å². The van der Waals surface area contributed by atoms with E-state index in [0.29, 0.717) is 6.61 Å². The van der Waals surface area contributed by atoms with Crippen LogP contribution in [0.2, 0.25) is 0 Å². The molecule has 1 fully saturated rings. The third-order valence-corrected chi connectivity index (χ3v) is 7.08. The molecule has 0 spiro atoms. The van der Waals surface area contributed by atoms with Gasteiger partial charge in [-0.1, -0.05) is 12.1 Å². The molecule has 0 bridgehead atoms. The molecule has 1 heterocycles. The van der Waals surface area contributed by atoms with Crippen LogP contribution in [0.25, 0.3) is 5.57 Å². The number of rotatable bonds is 9. The first-order chi connectivity index (χ1) is 16.1. The van der Waals surface area contributed by atoms with Gasteiger partial charge in [-0.05, 0) is 80.0 Å². The van der Waals surface area contributed by atoms with Crippen molar-refractivity contribution >= 4 is 17.5 Å². The van der Waals surface area contributed by atoms with Gasteiger partial charge in [0, 0.05) is 50.0 Å². The van der Waals surface area contributed by atoms with Gasteiger partial charge in [0.2, 0.25) is 0 Å². The fraction of sp³-hybridized carbons (Fsp3) is 0.464. The van der Waals surface area contributed by atoms with E-state index in [9.17, 15) is 4.79 Å². The molecule has 1 saturated heterocycles. The maximum absolute atomic E-state index is 11.4. The average Bonchev–Trinajstić information content (AvgIpc) is 3.32. The number of carbonyl (C=O) groups excluding carboxylic acids is 1. The molecule has 0 N–H and O–H groups in total. The number of carbonyl (C=O) groups is 1. The summed E-state index contributed by atoms with van der Waals surface area (Å²) in [6, 6.07) is 12.6. The second-order valence-electron chi connectivity index (χ2n) is 9.09. The van der Waals surface area contributed by atoms with Gasteiger partial charge >= 0.3 is 0 Å². The van der Waals surface area contributed by atoms with Crippen molar-refractivity contribution in [2.24, 2.45) is 0 Å². The van der Waals surface area contributed by atoms with E-state index in [0.717, 1.165) is 92.9 Å². The predicted octanol–water partition coefficient (Wildman–Crippen LogP) is 5.04. The minimum Gasteiger partial charge on any atom is -0.496 e. The van der Waals surface area contributed by atoms with E-state index in [1.165, 1.54) is 16.8 Å². The minimum absolute atomic E-state index is 0.683. The molecule has 0 radical (unpaired) electrons. The number of nitrogens with zero attached hydrogens (tertiary/aromatic N) is 2. The third-order valence-electron chi connectivity index (χ3n) is 7.08. The van der Waals surface area contributed by atoms with E-state index in [1.807, 2.05) is 18.2 Å². The second kappa shape index (κ2) is 10.9. The van der Waals surface area contributed by atoms with Crippen LogP contribution in [0.4, 0.5) is 5.69 Å². The van der Waals surface area contributed by atoms with Gasteiger partial charge in [-0.2, -0.15) is 0 Å². The van der Waals surface area contributed by atoms with Crippen molar-refractivity contribution in [2.75, 3.05) is 51.3 Å². The van der Waals surface area contributed by atoms with Gasteiger partial charge in [0.05, 0.1) is 13.7 Å². The molecule has 5 heteroatoms. The molecule has 33 heavy (non-hydrogen) atoms. The van der Waals surface area contributed by atoms with E-state index >= 15 is 0 Å². The SMILES string of the molecule is COc1cc(OCCCN2CCN(c3cccc(C)c3C)CC2)ccc1C1=C(C=O)CCC1. The van der Waals surface area contributed by atoms with Gasteiger partial charge in [0.1, 0.15) is 17.8 Å². The van der Waals surface area contributed by atoms with Crippen molar-refractivity contribution in [3.05, 3.63) is 58.7 Å². The molecule has 1 aliphatic carbocycles. The topological polar surface area (TPSA) is 42.0 Å². The zero-order chi connectivity index (χ0) is 23.2. The molecule has 0 unspecified atom stereocenters. The van der Waals surface area contributed by atoms with Gasteiger partial charge in [-0.25, -0.2) is 0 Å². The molecule has 4 rings (SSSR count). The summed E-state index contributed by atoms with van der Waals surface area (Å²) in [5.74, 6) is 1.60. The number of ether oxygens (including phenoxy) is 2. The van der Waals surface area contributed by atoms with Gasteiger partial charge in [-0.15, -0.1) is 0 Å². The zero-order valence-electron chi connectivity index (χ0n) is 20.2. The summed E-state index contributed by atoms with van der Waals surface area (Å²) in [6.07, 6.45) is 4.81. The number of methoxy groups -OCH3 is 1. The Morgan fingerprint density at radius 2 is 1.85 bits per heavy atom. The largest absolute Gasteiger partial charge is 0.496 e. The van der Waals surface area contributed by atoms with Gasteiger partial charge in [0.25, 0.3) is 0 Å². The van der Waals surface area contributed by atoms with Gasteiger partial charge in [0.15, 0.2) is 0 Å². The van der Waals surface area contributed by atoms with Crippen molar-refractivity contribution < 1.29 is 14.3 Å². The molecule has 2 aromatic carbocycles. The Hall–Kier alpha value is -2.79. The summed E-state index contributed by atoms with van der Waals surface area (Å²) in [7, 11) is 1.68. The predicted molar refractivity (Wildman–Crippen MR) is 135 cm³/mol. The monoisotopic (exact) mass is 448 g/mol. The summed E-state index contributed by atoms with van der Waals surface area (Å²) < 4.78 is 11.6. The molecule has 1 aliphatic heterocycles. The van der Waals surface area contributed by atoms with Crippen LogP contribution in [0.5, 0.6) is 11.5 Å². The highest BCUT2D eigenvalue weighted by Gasteiger charge is 2.20. The molecular formula is C28H36N2O3. The number of hydrogen-bond donors (Lipinski definition) is 0. The number of hydrogen-bond acceptors (Lipinski definition) is 5. The Balaban J connectivity index is 1.24. The lowest BCUT2D eigenvalue weighted by atomic mass is 10.0. The molecule has 176 valence electrons. The van der Waals surface area contributed by atoms with E-state index in [2.05, 4.69) is 41.8 Å². The molecule has 0 aromatic heterocycles. The number of benzene rings is 2. The van der Waals surface area contributed by atoms with Crippen LogP contribution in [0.15, 0.2) is 42.0 Å². The highest BCUT2D eigenvalue weighted by molar-refractivity contribution is 5.91. The lowest BCUT2D eigenvalue weighted by Gasteiger charge is -2.37. The van der Waals surface area contributed by atoms with Crippen molar-refractivity contribution in [1.29, 1.82) is 0 Å². The molecule has 0 saturated carbocycles. The van der Waals surface area contributed by atoms with Gasteiger partial charge in [-0.3, -0.25) is 9.69 Å². The molecule has 5 nitrogen and oxygen atoms in total. The first-order valence-corrected chi connectivity index (χ1v) is 12.1. The number of allylic oxidation sites excluding steroid dienone is 2. The highest BCUT2D eigenvalue weighted by Crippen LogP contribution is 2.39.